The summed E-state index contributed by atoms with van der Waals surface area (Å²) in [5.74, 6) is -1.18. The first-order chi connectivity index (χ1) is 17.0. The summed E-state index contributed by atoms with van der Waals surface area (Å²) >= 11 is 0. The predicted octanol–water partition coefficient (Wildman–Crippen LogP) is 3.25. The highest BCUT2D eigenvalue weighted by Crippen LogP contribution is 2.30. The molecule has 0 spiro atoms. The number of esters is 1. The summed E-state index contributed by atoms with van der Waals surface area (Å²) in [6, 6.07) is 14.4. The number of para-hydroxylation sites is 3. The van der Waals surface area contributed by atoms with Gasteiger partial charge in [-0.05, 0) is 38.1 Å². The first-order valence-electron chi connectivity index (χ1n) is 11.0. The Hall–Kier alpha value is -4.73. The average molecular weight is 471 g/mol. The SMILES string of the molecule is CCOC(=O)C1=C(C)Nc2ccccc2N=C1NC(=O)Cn1cnc2c(oc3ccccc32)c1=O. The van der Waals surface area contributed by atoms with Gasteiger partial charge in [0.2, 0.25) is 11.5 Å². The fraction of sp³-hybridized carbons (Fsp3) is 0.160. The number of benzene rings is 2. The topological polar surface area (TPSA) is 128 Å². The second kappa shape index (κ2) is 8.90. The Kier molecular flexibility index (Phi) is 5.61. The molecule has 0 saturated heterocycles. The Labute approximate surface area is 198 Å². The normalized spacial score (nSPS) is 13.1. The van der Waals surface area contributed by atoms with Crippen LogP contribution in [0.4, 0.5) is 11.4 Å². The van der Waals surface area contributed by atoms with Gasteiger partial charge in [0, 0.05) is 11.1 Å². The molecule has 2 aromatic heterocycles. The lowest BCUT2D eigenvalue weighted by molar-refractivity contribution is -0.137. The van der Waals surface area contributed by atoms with Crippen molar-refractivity contribution >= 4 is 51.2 Å². The summed E-state index contributed by atoms with van der Waals surface area (Å²) in [7, 11) is 0. The van der Waals surface area contributed by atoms with E-state index in [4.69, 9.17) is 9.15 Å². The maximum Gasteiger partial charge on any atom is 0.343 e. The minimum Gasteiger partial charge on any atom is -0.462 e. The third-order valence-corrected chi connectivity index (χ3v) is 5.47. The number of allylic oxidation sites excluding steroid dienone is 1. The highest BCUT2D eigenvalue weighted by atomic mass is 16.5. The highest BCUT2D eigenvalue weighted by molar-refractivity contribution is 6.24. The van der Waals surface area contributed by atoms with Gasteiger partial charge in [-0.25, -0.2) is 14.8 Å². The van der Waals surface area contributed by atoms with Gasteiger partial charge in [0.25, 0.3) is 5.56 Å². The van der Waals surface area contributed by atoms with Crippen LogP contribution in [0.3, 0.4) is 0 Å². The molecule has 1 aliphatic heterocycles. The number of anilines is 1. The summed E-state index contributed by atoms with van der Waals surface area (Å²) < 4.78 is 12.0. The second-order valence-corrected chi connectivity index (χ2v) is 7.82. The van der Waals surface area contributed by atoms with Crippen LogP contribution in [0.5, 0.6) is 0 Å². The maximum absolute atomic E-state index is 13.0. The zero-order chi connectivity index (χ0) is 24.5. The van der Waals surface area contributed by atoms with Crippen LogP contribution >= 0.6 is 0 Å². The molecule has 3 heterocycles. The Morgan fingerprint density at radius 2 is 1.91 bits per heavy atom. The van der Waals surface area contributed by atoms with Gasteiger partial charge >= 0.3 is 5.97 Å². The van der Waals surface area contributed by atoms with Crippen molar-refractivity contribution in [3.05, 3.63) is 76.5 Å². The van der Waals surface area contributed by atoms with E-state index in [9.17, 15) is 14.4 Å². The number of hydrogen-bond donors (Lipinski definition) is 2. The van der Waals surface area contributed by atoms with Crippen LogP contribution in [0.1, 0.15) is 13.8 Å². The van der Waals surface area contributed by atoms with Crippen LogP contribution in [0.25, 0.3) is 22.1 Å². The van der Waals surface area contributed by atoms with Gasteiger partial charge < -0.3 is 19.8 Å². The fourth-order valence-corrected chi connectivity index (χ4v) is 3.89. The molecule has 1 amide bonds. The summed E-state index contributed by atoms with van der Waals surface area (Å²) in [5.41, 5.74) is 2.30. The molecule has 0 aliphatic carbocycles. The largest absolute Gasteiger partial charge is 0.462 e. The van der Waals surface area contributed by atoms with E-state index in [1.165, 1.54) is 6.33 Å². The van der Waals surface area contributed by atoms with Crippen molar-refractivity contribution in [2.24, 2.45) is 4.99 Å². The molecule has 1 aliphatic rings. The Morgan fingerprint density at radius 1 is 1.14 bits per heavy atom. The van der Waals surface area contributed by atoms with Crippen LogP contribution in [0.2, 0.25) is 0 Å². The number of rotatable bonds is 4. The lowest BCUT2D eigenvalue weighted by Gasteiger charge is -2.13. The number of fused-ring (bicyclic) bond motifs is 4. The molecule has 0 saturated carbocycles. The summed E-state index contributed by atoms with van der Waals surface area (Å²) in [5, 5.41) is 6.52. The first-order valence-corrected chi connectivity index (χ1v) is 11.0. The van der Waals surface area contributed by atoms with Gasteiger partial charge in [0.1, 0.15) is 29.1 Å². The zero-order valence-corrected chi connectivity index (χ0v) is 19.0. The Bertz CT molecular complexity index is 1610. The Morgan fingerprint density at radius 3 is 2.74 bits per heavy atom. The number of hydrogen-bond acceptors (Lipinski definition) is 8. The molecule has 4 aromatic rings. The molecule has 0 atom stereocenters. The standard InChI is InChI=1S/C25H21N5O5/c1-3-34-25(33)20-14(2)27-16-9-5-6-10-17(16)28-23(20)29-19(31)12-30-13-26-21-15-8-4-7-11-18(15)35-22(21)24(30)32/h4-11,13,27H,3,12H2,1-2H3,(H,28,29,31). The smallest absolute Gasteiger partial charge is 0.343 e. The van der Waals surface area contributed by atoms with Gasteiger partial charge in [-0.3, -0.25) is 14.2 Å². The molecule has 0 bridgehead atoms. The molecule has 176 valence electrons. The number of carbonyl (C=O) groups excluding carboxylic acids is 2. The van der Waals surface area contributed by atoms with Crippen molar-refractivity contribution in [2.45, 2.75) is 20.4 Å². The molecule has 2 N–H and O–H groups in total. The monoisotopic (exact) mass is 471 g/mol. The van der Waals surface area contributed by atoms with Crippen LogP contribution in [0.15, 0.2) is 80.3 Å². The zero-order valence-electron chi connectivity index (χ0n) is 19.0. The number of aliphatic imine (C=N–C) groups is 1. The van der Waals surface area contributed by atoms with E-state index in [1.807, 2.05) is 24.3 Å². The second-order valence-electron chi connectivity index (χ2n) is 7.82. The third-order valence-electron chi connectivity index (χ3n) is 5.47. The summed E-state index contributed by atoms with van der Waals surface area (Å²) in [6.07, 6.45) is 1.30. The average Bonchev–Trinajstić information content (AvgIpc) is 3.15. The number of aromatic nitrogens is 2. The number of furan rings is 1. The molecule has 2 aromatic carbocycles. The van der Waals surface area contributed by atoms with Crippen molar-refractivity contribution in [3.8, 4) is 0 Å². The first kappa shape index (κ1) is 22.1. The van der Waals surface area contributed by atoms with E-state index >= 15 is 0 Å². The van der Waals surface area contributed by atoms with E-state index < -0.39 is 17.4 Å². The molecule has 0 unspecified atom stereocenters. The number of nitrogens with one attached hydrogen (secondary N) is 2. The molecule has 10 nitrogen and oxygen atoms in total. The summed E-state index contributed by atoms with van der Waals surface area (Å²) in [4.78, 5) is 47.5. The van der Waals surface area contributed by atoms with Gasteiger partial charge in [-0.15, -0.1) is 0 Å². The van der Waals surface area contributed by atoms with Crippen molar-refractivity contribution in [2.75, 3.05) is 11.9 Å². The van der Waals surface area contributed by atoms with Crippen molar-refractivity contribution in [3.63, 3.8) is 0 Å². The van der Waals surface area contributed by atoms with Gasteiger partial charge in [0.15, 0.2) is 0 Å². The number of amides is 1. The van der Waals surface area contributed by atoms with E-state index in [0.717, 1.165) is 9.95 Å². The van der Waals surface area contributed by atoms with E-state index in [-0.39, 0.29) is 30.1 Å². The minimum atomic E-state index is -0.633. The van der Waals surface area contributed by atoms with Gasteiger partial charge in [-0.2, -0.15) is 0 Å². The molecule has 5 rings (SSSR count). The molecule has 0 radical (unpaired) electrons. The summed E-state index contributed by atoms with van der Waals surface area (Å²) in [6.45, 7) is 3.18. The molecule has 10 heteroatoms. The molecule has 35 heavy (non-hydrogen) atoms. The van der Waals surface area contributed by atoms with E-state index in [0.29, 0.717) is 28.2 Å². The predicted molar refractivity (Wildman–Crippen MR) is 130 cm³/mol. The lowest BCUT2D eigenvalue weighted by Crippen LogP contribution is -2.39. The van der Waals surface area contributed by atoms with Crippen LogP contribution < -0.4 is 16.2 Å². The van der Waals surface area contributed by atoms with Crippen molar-refractivity contribution in [1.82, 2.24) is 14.9 Å². The Balaban J connectivity index is 1.48. The van der Waals surface area contributed by atoms with Crippen molar-refractivity contribution < 1.29 is 18.7 Å². The van der Waals surface area contributed by atoms with E-state index in [2.05, 4.69) is 20.6 Å². The number of amidine groups is 1. The van der Waals surface area contributed by atoms with Crippen LogP contribution in [0, 0.1) is 0 Å². The molecular weight excluding hydrogens is 450 g/mol. The number of nitrogens with zero attached hydrogens (tertiary/aromatic N) is 3. The fourth-order valence-electron chi connectivity index (χ4n) is 3.89. The van der Waals surface area contributed by atoms with Crippen molar-refractivity contribution in [1.29, 1.82) is 0 Å². The van der Waals surface area contributed by atoms with Crippen LogP contribution in [-0.4, -0.2) is 33.9 Å². The lowest BCUT2D eigenvalue weighted by atomic mass is 10.2. The van der Waals surface area contributed by atoms with Gasteiger partial charge in [0.05, 0.1) is 24.3 Å². The number of ether oxygens (including phenoxy) is 1. The third kappa shape index (κ3) is 4.05. The quantitative estimate of drug-likeness (QED) is 0.437. The maximum atomic E-state index is 13.0. The number of carbonyl (C=O) groups is 2. The van der Waals surface area contributed by atoms with Gasteiger partial charge in [-0.1, -0.05) is 24.3 Å². The molecular formula is C25H21N5O5. The minimum absolute atomic E-state index is 0.0224. The highest BCUT2D eigenvalue weighted by Gasteiger charge is 2.26. The van der Waals surface area contributed by atoms with E-state index in [1.54, 1.807) is 38.1 Å². The van der Waals surface area contributed by atoms with Crippen LogP contribution in [-0.2, 0) is 20.9 Å². The molecule has 0 fully saturated rings.